The second-order valence-electron chi connectivity index (χ2n) is 5.23. The highest BCUT2D eigenvalue weighted by molar-refractivity contribution is 6.31. The van der Waals surface area contributed by atoms with Gasteiger partial charge < -0.3 is 15.2 Å². The van der Waals surface area contributed by atoms with E-state index in [-0.39, 0.29) is 5.91 Å². The third-order valence-corrected chi connectivity index (χ3v) is 3.89. The molecule has 0 bridgehead atoms. The number of hydrogen-bond donors (Lipinski definition) is 1. The number of carbonyl (C=O) groups excluding carboxylic acids is 1. The Labute approximate surface area is 119 Å². The molecule has 2 rings (SSSR count). The van der Waals surface area contributed by atoms with E-state index in [9.17, 15) is 4.79 Å². The molecule has 1 saturated heterocycles. The van der Waals surface area contributed by atoms with E-state index >= 15 is 0 Å². The van der Waals surface area contributed by atoms with Gasteiger partial charge in [0, 0.05) is 25.8 Å². The summed E-state index contributed by atoms with van der Waals surface area (Å²) in [7, 11) is 0. The predicted molar refractivity (Wildman–Crippen MR) is 77.4 cm³/mol. The molecule has 19 heavy (non-hydrogen) atoms. The smallest absolute Gasteiger partial charge is 0.270 e. The Morgan fingerprint density at radius 3 is 3.05 bits per heavy atom. The molecule has 1 unspecified atom stereocenters. The third-order valence-electron chi connectivity index (χ3n) is 3.69. The van der Waals surface area contributed by atoms with Crippen molar-refractivity contribution in [3.8, 4) is 0 Å². The van der Waals surface area contributed by atoms with Crippen LogP contribution in [0.4, 0.5) is 0 Å². The normalized spacial score (nSPS) is 19.7. The van der Waals surface area contributed by atoms with Crippen LogP contribution in [-0.4, -0.2) is 35.0 Å². The van der Waals surface area contributed by atoms with E-state index in [0.29, 0.717) is 23.2 Å². The number of nitrogens with two attached hydrogens (primary N) is 1. The van der Waals surface area contributed by atoms with Gasteiger partial charge in [0.15, 0.2) is 0 Å². The zero-order chi connectivity index (χ0) is 13.8. The number of hydrogen-bond acceptors (Lipinski definition) is 2. The third kappa shape index (κ3) is 3.31. The zero-order valence-corrected chi connectivity index (χ0v) is 12.2. The van der Waals surface area contributed by atoms with Crippen LogP contribution in [-0.2, 0) is 6.54 Å². The van der Waals surface area contributed by atoms with Gasteiger partial charge >= 0.3 is 0 Å². The first-order valence-corrected chi connectivity index (χ1v) is 7.38. The lowest BCUT2D eigenvalue weighted by Crippen LogP contribution is -2.42. The number of amides is 1. The van der Waals surface area contributed by atoms with Crippen LogP contribution in [0.5, 0.6) is 0 Å². The fraction of sp³-hybridized carbons (Fsp3) is 0.643. The van der Waals surface area contributed by atoms with Crippen LogP contribution < -0.4 is 5.73 Å². The van der Waals surface area contributed by atoms with Crippen molar-refractivity contribution in [2.24, 2.45) is 11.7 Å². The summed E-state index contributed by atoms with van der Waals surface area (Å²) in [6, 6.07) is 1.77. The molecule has 106 valence electrons. The summed E-state index contributed by atoms with van der Waals surface area (Å²) in [4.78, 5) is 14.5. The first-order valence-electron chi connectivity index (χ1n) is 7.00. The van der Waals surface area contributed by atoms with Crippen molar-refractivity contribution in [3.63, 3.8) is 0 Å². The molecule has 0 saturated carbocycles. The number of aromatic nitrogens is 1. The van der Waals surface area contributed by atoms with Crippen LogP contribution >= 0.6 is 11.6 Å². The Hall–Kier alpha value is -1.00. The zero-order valence-electron chi connectivity index (χ0n) is 11.4. The maximum Gasteiger partial charge on any atom is 0.270 e. The van der Waals surface area contributed by atoms with Crippen LogP contribution in [0, 0.1) is 5.92 Å². The second kappa shape index (κ2) is 6.44. The van der Waals surface area contributed by atoms with Crippen molar-refractivity contribution >= 4 is 17.5 Å². The lowest BCUT2D eigenvalue weighted by Gasteiger charge is -2.32. The molecule has 0 spiro atoms. The van der Waals surface area contributed by atoms with Crippen molar-refractivity contribution in [3.05, 3.63) is 23.0 Å². The maximum atomic E-state index is 12.6. The Morgan fingerprint density at radius 2 is 2.37 bits per heavy atom. The minimum atomic E-state index is 0.0819. The minimum absolute atomic E-state index is 0.0819. The fourth-order valence-corrected chi connectivity index (χ4v) is 2.90. The summed E-state index contributed by atoms with van der Waals surface area (Å²) >= 11 is 6.03. The van der Waals surface area contributed by atoms with Gasteiger partial charge in [-0.15, -0.1) is 0 Å². The van der Waals surface area contributed by atoms with Crippen molar-refractivity contribution in [1.82, 2.24) is 9.47 Å². The number of likely N-dealkylation sites (tertiary alicyclic amines) is 1. The Balaban J connectivity index is 2.14. The number of halogens is 1. The summed E-state index contributed by atoms with van der Waals surface area (Å²) < 4.78 is 1.96. The van der Waals surface area contributed by atoms with Crippen LogP contribution in [0.15, 0.2) is 12.3 Å². The Bertz CT molecular complexity index is 444. The fourth-order valence-electron chi connectivity index (χ4n) is 2.68. The summed E-state index contributed by atoms with van der Waals surface area (Å²) in [6.07, 6.45) is 4.98. The number of rotatable bonds is 4. The van der Waals surface area contributed by atoms with Gasteiger partial charge in [-0.05, 0) is 37.8 Å². The van der Waals surface area contributed by atoms with Gasteiger partial charge in [0.05, 0.1) is 5.02 Å². The number of piperidine rings is 1. The van der Waals surface area contributed by atoms with Gasteiger partial charge in [0.25, 0.3) is 5.91 Å². The molecule has 2 heterocycles. The molecule has 1 aliphatic rings. The number of nitrogens with zero attached hydrogens (tertiary/aromatic N) is 2. The lowest BCUT2D eigenvalue weighted by molar-refractivity contribution is 0.0667. The molecule has 4 nitrogen and oxygen atoms in total. The summed E-state index contributed by atoms with van der Waals surface area (Å²) in [5.41, 5.74) is 6.42. The predicted octanol–water partition coefficient (Wildman–Crippen LogP) is 2.36. The van der Waals surface area contributed by atoms with Gasteiger partial charge in [0.1, 0.15) is 5.69 Å². The molecule has 5 heteroatoms. The topological polar surface area (TPSA) is 51.3 Å². The van der Waals surface area contributed by atoms with Crippen molar-refractivity contribution in [1.29, 1.82) is 0 Å². The second-order valence-corrected chi connectivity index (χ2v) is 5.67. The highest BCUT2D eigenvalue weighted by Gasteiger charge is 2.25. The highest BCUT2D eigenvalue weighted by Crippen LogP contribution is 2.21. The first kappa shape index (κ1) is 14.4. The largest absolute Gasteiger partial charge is 0.342 e. The molecule has 1 aliphatic heterocycles. The van der Waals surface area contributed by atoms with Gasteiger partial charge in [0.2, 0.25) is 0 Å². The minimum Gasteiger partial charge on any atom is -0.342 e. The molecule has 1 aromatic heterocycles. The van der Waals surface area contributed by atoms with E-state index < -0.39 is 0 Å². The molecule has 1 atom stereocenters. The molecule has 1 aromatic rings. The molecular weight excluding hydrogens is 262 g/mol. The van der Waals surface area contributed by atoms with Crippen molar-refractivity contribution in [2.75, 3.05) is 19.6 Å². The summed E-state index contributed by atoms with van der Waals surface area (Å²) in [5.74, 6) is 0.515. The molecule has 1 amide bonds. The van der Waals surface area contributed by atoms with Gasteiger partial charge in [-0.2, -0.15) is 0 Å². The van der Waals surface area contributed by atoms with E-state index in [2.05, 4.69) is 6.92 Å². The van der Waals surface area contributed by atoms with Gasteiger partial charge in [-0.25, -0.2) is 0 Å². The standard InChI is InChI=1S/C14H22ClN3O/c1-2-5-17-10-12(15)7-13(17)14(19)18-6-3-4-11(8-16)9-18/h7,10-11H,2-6,8-9,16H2,1H3. The van der Waals surface area contributed by atoms with Gasteiger partial charge in [-0.1, -0.05) is 18.5 Å². The molecule has 1 fully saturated rings. The molecule has 0 radical (unpaired) electrons. The van der Waals surface area contributed by atoms with Crippen LogP contribution in [0.2, 0.25) is 5.02 Å². The average Bonchev–Trinajstić information content (AvgIpc) is 2.79. The monoisotopic (exact) mass is 283 g/mol. The van der Waals surface area contributed by atoms with E-state index in [0.717, 1.165) is 38.9 Å². The highest BCUT2D eigenvalue weighted by atomic mass is 35.5. The molecule has 2 N–H and O–H groups in total. The van der Waals surface area contributed by atoms with Crippen LogP contribution in [0.25, 0.3) is 0 Å². The Morgan fingerprint density at radius 1 is 1.58 bits per heavy atom. The average molecular weight is 284 g/mol. The SMILES string of the molecule is CCCn1cc(Cl)cc1C(=O)N1CCCC(CN)C1. The number of carbonyl (C=O) groups is 1. The van der Waals surface area contributed by atoms with E-state index in [4.69, 9.17) is 17.3 Å². The first-order chi connectivity index (χ1) is 9.15. The van der Waals surface area contributed by atoms with E-state index in [1.54, 1.807) is 6.07 Å². The molecule has 0 aromatic carbocycles. The Kier molecular flexibility index (Phi) is 4.88. The van der Waals surface area contributed by atoms with E-state index in [1.807, 2.05) is 15.7 Å². The van der Waals surface area contributed by atoms with Gasteiger partial charge in [-0.3, -0.25) is 4.79 Å². The van der Waals surface area contributed by atoms with Crippen molar-refractivity contribution < 1.29 is 4.79 Å². The summed E-state index contributed by atoms with van der Waals surface area (Å²) in [5, 5.41) is 0.629. The van der Waals surface area contributed by atoms with Crippen molar-refractivity contribution in [2.45, 2.75) is 32.7 Å². The lowest BCUT2D eigenvalue weighted by atomic mass is 9.98. The maximum absolute atomic E-state index is 12.6. The quantitative estimate of drug-likeness (QED) is 0.922. The molecular formula is C14H22ClN3O. The van der Waals surface area contributed by atoms with E-state index in [1.165, 1.54) is 0 Å². The van der Waals surface area contributed by atoms with Crippen LogP contribution in [0.3, 0.4) is 0 Å². The van der Waals surface area contributed by atoms with Crippen LogP contribution in [0.1, 0.15) is 36.7 Å². The summed E-state index contributed by atoms with van der Waals surface area (Å²) in [6.45, 7) is 5.16. The molecule has 0 aliphatic carbocycles. The number of aryl methyl sites for hydroxylation is 1.